The van der Waals surface area contributed by atoms with Crippen LogP contribution in [0.25, 0.3) is 0 Å². The Kier molecular flexibility index (Phi) is 16.5. The van der Waals surface area contributed by atoms with E-state index in [1.54, 1.807) is 44.2 Å². The number of aliphatic carboxylic acids is 2. The van der Waals surface area contributed by atoms with Gasteiger partial charge < -0.3 is 41.5 Å². The number of ether oxygens (including phenoxy) is 1. The maximum absolute atomic E-state index is 13.2. The number of carbonyl (C=O) groups is 8. The van der Waals surface area contributed by atoms with Crippen LogP contribution in [0.3, 0.4) is 0 Å². The number of benzene rings is 1. The topological polar surface area (TPSA) is 246 Å². The van der Waals surface area contributed by atoms with Gasteiger partial charge in [-0.05, 0) is 24.3 Å². The summed E-state index contributed by atoms with van der Waals surface area (Å²) in [6, 6.07) is 1.39. The van der Waals surface area contributed by atoms with E-state index in [0.717, 1.165) is 0 Å². The number of halogens is 1. The van der Waals surface area contributed by atoms with Gasteiger partial charge in [0, 0.05) is 0 Å². The van der Waals surface area contributed by atoms with Crippen molar-refractivity contribution in [3.8, 4) is 0 Å². The molecule has 0 heterocycles. The molecule has 5 atom stereocenters. The lowest BCUT2D eigenvalue weighted by molar-refractivity contribution is -0.142. The smallest absolute Gasteiger partial charge is 0.408 e. The highest BCUT2D eigenvalue weighted by Crippen LogP contribution is 2.08. The van der Waals surface area contributed by atoms with Crippen molar-refractivity contribution >= 4 is 47.4 Å². The van der Waals surface area contributed by atoms with E-state index in [1.165, 1.54) is 20.8 Å². The number of carboxylic acids is 2. The normalized spacial score (nSPS) is 14.0. The zero-order chi connectivity index (χ0) is 35.8. The van der Waals surface area contributed by atoms with Crippen molar-refractivity contribution in [2.24, 2.45) is 11.8 Å². The number of amides is 5. The molecule has 0 aliphatic carbocycles. The molecule has 16 nitrogen and oxygen atoms in total. The molecule has 260 valence electrons. The number of Topliss-reactive ketones (excluding diaryl/α,β-unsaturated/α-hetero) is 1. The average Bonchev–Trinajstić information content (AvgIpc) is 2.99. The van der Waals surface area contributed by atoms with Crippen molar-refractivity contribution in [3.63, 3.8) is 0 Å². The van der Waals surface area contributed by atoms with Crippen LogP contribution < -0.4 is 26.6 Å². The Morgan fingerprint density at radius 3 is 1.66 bits per heavy atom. The quantitative estimate of drug-likeness (QED) is 0.104. The van der Waals surface area contributed by atoms with Crippen LogP contribution in [-0.2, 0) is 44.9 Å². The molecule has 17 heteroatoms. The number of alkyl carbamates (subject to hydrolysis) is 1. The SMILES string of the molecule is CC(C)[C@H](NC(=O)OCc1ccccc1)C(=O)N[C@@H](CC(=O)O)C(=O)N[C@H](C(=O)N[C@@H](C)C(=O)N[C@@H](CC(=O)O)C(=O)CF)C(C)C. The van der Waals surface area contributed by atoms with Gasteiger partial charge in [-0.15, -0.1) is 0 Å². The zero-order valence-electron chi connectivity index (χ0n) is 26.7. The monoisotopic (exact) mass is 667 g/mol. The summed E-state index contributed by atoms with van der Waals surface area (Å²) in [4.78, 5) is 98.5. The summed E-state index contributed by atoms with van der Waals surface area (Å²) in [6.45, 7) is 5.85. The zero-order valence-corrected chi connectivity index (χ0v) is 26.7. The van der Waals surface area contributed by atoms with E-state index in [4.69, 9.17) is 9.84 Å². The van der Waals surface area contributed by atoms with E-state index in [0.29, 0.717) is 5.56 Å². The summed E-state index contributed by atoms with van der Waals surface area (Å²) in [5.74, 6) is -9.15. The maximum Gasteiger partial charge on any atom is 0.408 e. The lowest BCUT2D eigenvalue weighted by Gasteiger charge is -2.28. The lowest BCUT2D eigenvalue weighted by atomic mass is 10.0. The second-order valence-corrected chi connectivity index (χ2v) is 11.3. The van der Waals surface area contributed by atoms with Crippen molar-refractivity contribution in [2.75, 3.05) is 6.67 Å². The summed E-state index contributed by atoms with van der Waals surface area (Å²) < 4.78 is 18.0. The highest BCUT2D eigenvalue weighted by molar-refractivity contribution is 5.98. The fraction of sp³-hybridized carbons (Fsp3) is 0.533. The summed E-state index contributed by atoms with van der Waals surface area (Å²) >= 11 is 0. The molecule has 0 aromatic heterocycles. The van der Waals surface area contributed by atoms with Crippen molar-refractivity contribution in [1.82, 2.24) is 26.6 Å². The van der Waals surface area contributed by atoms with Gasteiger partial charge in [-0.3, -0.25) is 33.6 Å². The number of alkyl halides is 1. The molecule has 7 N–H and O–H groups in total. The molecule has 47 heavy (non-hydrogen) atoms. The van der Waals surface area contributed by atoms with Crippen LogP contribution in [0.15, 0.2) is 30.3 Å². The minimum Gasteiger partial charge on any atom is -0.481 e. The molecule has 1 aromatic rings. The first kappa shape index (κ1) is 39.9. The standard InChI is InChI=1S/C30H42FN5O11/c1-15(2)24(28(44)32-17(5)26(42)33-19(11-22(38)39)21(37)13-31)35-27(43)20(12-23(40)41)34-29(45)25(16(3)4)36-30(46)47-14-18-9-7-6-8-10-18/h6-10,15-17,19-20,24-25H,11-14H2,1-5H3,(H,32,44)(H,33,42)(H,34,45)(H,35,43)(H,36,46)(H,38,39)(H,40,41)/t17-,19-,20-,24-,25-/m0/s1. The number of ketones is 1. The van der Waals surface area contributed by atoms with Crippen LogP contribution in [-0.4, -0.2) is 94.5 Å². The Labute approximate surface area is 270 Å². The first-order valence-electron chi connectivity index (χ1n) is 14.7. The maximum atomic E-state index is 13.2. The predicted molar refractivity (Wildman–Crippen MR) is 162 cm³/mol. The average molecular weight is 668 g/mol. The van der Waals surface area contributed by atoms with Gasteiger partial charge in [0.1, 0.15) is 43.5 Å². The van der Waals surface area contributed by atoms with E-state index in [-0.39, 0.29) is 6.61 Å². The Bertz CT molecular complexity index is 1290. The molecule has 0 saturated heterocycles. The second kappa shape index (κ2) is 19.4. The summed E-state index contributed by atoms with van der Waals surface area (Å²) in [7, 11) is 0. The predicted octanol–water partition coefficient (Wildman–Crippen LogP) is 0.0405. The fourth-order valence-corrected chi connectivity index (χ4v) is 4.04. The van der Waals surface area contributed by atoms with Gasteiger partial charge in [-0.1, -0.05) is 58.0 Å². The van der Waals surface area contributed by atoms with Crippen molar-refractivity contribution in [3.05, 3.63) is 35.9 Å². The lowest BCUT2D eigenvalue weighted by Crippen LogP contribution is -2.60. The van der Waals surface area contributed by atoms with Crippen LogP contribution in [0.4, 0.5) is 9.18 Å². The van der Waals surface area contributed by atoms with E-state index in [9.17, 15) is 47.9 Å². The number of hydrogen-bond donors (Lipinski definition) is 7. The Hall–Kier alpha value is -5.09. The molecule has 0 bridgehead atoms. The van der Waals surface area contributed by atoms with Crippen molar-refractivity contribution in [2.45, 2.75) is 84.3 Å². The highest BCUT2D eigenvalue weighted by Gasteiger charge is 2.34. The summed E-state index contributed by atoms with van der Waals surface area (Å²) in [6.07, 6.45) is -2.71. The van der Waals surface area contributed by atoms with Gasteiger partial charge >= 0.3 is 18.0 Å². The summed E-state index contributed by atoms with van der Waals surface area (Å²) in [5.41, 5.74) is 0.694. The minimum absolute atomic E-state index is 0.0826. The fourth-order valence-electron chi connectivity index (χ4n) is 4.04. The van der Waals surface area contributed by atoms with Crippen LogP contribution >= 0.6 is 0 Å². The van der Waals surface area contributed by atoms with Crippen LogP contribution in [0.1, 0.15) is 53.0 Å². The molecule has 1 aromatic carbocycles. The van der Waals surface area contributed by atoms with E-state index >= 15 is 0 Å². The van der Waals surface area contributed by atoms with Gasteiger partial charge in [0.05, 0.1) is 12.8 Å². The van der Waals surface area contributed by atoms with Gasteiger partial charge in [0.15, 0.2) is 5.78 Å². The molecule has 0 saturated carbocycles. The highest BCUT2D eigenvalue weighted by atomic mass is 19.1. The molecule has 0 aliphatic rings. The number of rotatable bonds is 19. The van der Waals surface area contributed by atoms with Gasteiger partial charge in [0.2, 0.25) is 23.6 Å². The molecular weight excluding hydrogens is 625 g/mol. The molecule has 1 rings (SSSR count). The van der Waals surface area contributed by atoms with Gasteiger partial charge in [-0.25, -0.2) is 9.18 Å². The third kappa shape index (κ3) is 14.3. The molecule has 0 radical (unpaired) electrons. The molecule has 5 amide bonds. The third-order valence-corrected chi connectivity index (χ3v) is 6.66. The molecule has 0 spiro atoms. The Balaban J connectivity index is 2.98. The van der Waals surface area contributed by atoms with Crippen molar-refractivity contribution < 1.29 is 57.7 Å². The number of nitrogens with one attached hydrogen (secondary N) is 5. The van der Waals surface area contributed by atoms with Crippen LogP contribution in [0.2, 0.25) is 0 Å². The van der Waals surface area contributed by atoms with Crippen LogP contribution in [0.5, 0.6) is 0 Å². The number of carboxylic acid groups (broad SMARTS) is 2. The molecule has 0 fully saturated rings. The Morgan fingerprint density at radius 1 is 0.660 bits per heavy atom. The van der Waals surface area contributed by atoms with Gasteiger partial charge in [0.25, 0.3) is 0 Å². The largest absolute Gasteiger partial charge is 0.481 e. The van der Waals surface area contributed by atoms with E-state index < -0.39 is 109 Å². The van der Waals surface area contributed by atoms with E-state index in [1.807, 2.05) is 0 Å². The minimum atomic E-state index is -1.69. The summed E-state index contributed by atoms with van der Waals surface area (Å²) in [5, 5.41) is 29.7. The Morgan fingerprint density at radius 2 is 1.15 bits per heavy atom. The van der Waals surface area contributed by atoms with E-state index in [2.05, 4.69) is 26.6 Å². The molecular formula is C30H42FN5O11. The van der Waals surface area contributed by atoms with Crippen LogP contribution in [0, 0.1) is 11.8 Å². The molecule has 0 unspecified atom stereocenters. The molecule has 0 aliphatic heterocycles. The van der Waals surface area contributed by atoms with Crippen molar-refractivity contribution in [1.29, 1.82) is 0 Å². The third-order valence-electron chi connectivity index (χ3n) is 6.66. The first-order valence-corrected chi connectivity index (χ1v) is 14.7. The van der Waals surface area contributed by atoms with Gasteiger partial charge in [-0.2, -0.15) is 0 Å². The number of hydrogen-bond acceptors (Lipinski definition) is 9. The second-order valence-electron chi connectivity index (χ2n) is 11.3. The number of carbonyl (C=O) groups excluding carboxylic acids is 6. The first-order chi connectivity index (χ1) is 22.0.